The molecule has 1 N–H and O–H groups in total. The number of rotatable bonds is 3. The average Bonchev–Trinajstić information content (AvgIpc) is 1.81. The topological polar surface area (TPSA) is 35.8 Å². The quantitative estimate of drug-likeness (QED) is 0.255. The highest BCUT2D eigenvalue weighted by atomic mass is 14.8. The Kier molecular flexibility index (Phi) is 5.30. The zero-order chi connectivity index (χ0) is 6.24. The summed E-state index contributed by atoms with van der Waals surface area (Å²) in [5.74, 6) is 0. The largest absolute Gasteiger partial charge is 0.320 e. The molecule has 44 valence electrons. The number of nitrogens with one attached hydrogen (secondary N) is 1. The van der Waals surface area contributed by atoms with E-state index in [1.807, 2.05) is 18.3 Å². The van der Waals surface area contributed by atoms with Crippen LogP contribution in [0.1, 0.15) is 13.3 Å². The lowest BCUT2D eigenvalue weighted by molar-refractivity contribution is 0.993. The van der Waals surface area contributed by atoms with E-state index < -0.39 is 0 Å². The summed E-state index contributed by atoms with van der Waals surface area (Å²) in [6.07, 6.45) is 6.81. The summed E-state index contributed by atoms with van der Waals surface area (Å²) < 4.78 is 0. The minimum absolute atomic E-state index is 0.657. The molecule has 0 fully saturated rings. The Morgan fingerprint density at radius 3 is 2.88 bits per heavy atom. The number of hydrogen-bond donors (Lipinski definition) is 1. The number of hydrogen-bond acceptors (Lipinski definition) is 2. The molecule has 0 amide bonds. The second-order valence-electron chi connectivity index (χ2n) is 1.37. The molecule has 0 spiro atoms. The summed E-state index contributed by atoms with van der Waals surface area (Å²) in [5.41, 5.74) is 0. The first-order chi connectivity index (χ1) is 3.91. The predicted octanol–water partition coefficient (Wildman–Crippen LogP) is 1.02. The molecule has 0 saturated heterocycles. The van der Waals surface area contributed by atoms with Crippen molar-refractivity contribution in [2.45, 2.75) is 13.3 Å². The summed E-state index contributed by atoms with van der Waals surface area (Å²) in [6.45, 7) is 2.72. The van der Waals surface area contributed by atoms with E-state index >= 15 is 0 Å². The van der Waals surface area contributed by atoms with Crippen LogP contribution in [0.4, 0.5) is 0 Å². The molecule has 8 heavy (non-hydrogen) atoms. The molecule has 0 heterocycles. The minimum atomic E-state index is 0.657. The van der Waals surface area contributed by atoms with E-state index in [0.29, 0.717) is 6.54 Å². The van der Waals surface area contributed by atoms with Gasteiger partial charge in [0.2, 0.25) is 0 Å². The first kappa shape index (κ1) is 7.03. The summed E-state index contributed by atoms with van der Waals surface area (Å²) in [4.78, 5) is 0. The fourth-order valence-corrected chi connectivity index (χ4v) is 0.355. The number of nitrogens with zero attached hydrogens (tertiary/aromatic N) is 1. The van der Waals surface area contributed by atoms with Crippen LogP contribution in [0.2, 0.25) is 0 Å². The Morgan fingerprint density at radius 1 is 1.62 bits per heavy atom. The van der Waals surface area contributed by atoms with Gasteiger partial charge in [-0.1, -0.05) is 19.1 Å². The van der Waals surface area contributed by atoms with Crippen molar-refractivity contribution in [3.8, 4) is 6.19 Å². The molecule has 0 saturated carbocycles. The van der Waals surface area contributed by atoms with Gasteiger partial charge < -0.3 is 5.32 Å². The minimum Gasteiger partial charge on any atom is -0.320 e. The SMILES string of the molecule is CC/C=C/CNC#N. The van der Waals surface area contributed by atoms with Crippen molar-refractivity contribution in [2.24, 2.45) is 0 Å². The highest BCUT2D eigenvalue weighted by Gasteiger charge is 1.69. The van der Waals surface area contributed by atoms with Gasteiger partial charge in [-0.2, -0.15) is 5.26 Å². The lowest BCUT2D eigenvalue weighted by Crippen LogP contribution is -2.02. The fraction of sp³-hybridized carbons (Fsp3) is 0.500. The van der Waals surface area contributed by atoms with Crippen molar-refractivity contribution in [3.05, 3.63) is 12.2 Å². The molecule has 0 aromatic carbocycles. The second-order valence-corrected chi connectivity index (χ2v) is 1.37. The Bertz CT molecular complexity index is 99.6. The molecule has 0 aromatic rings. The van der Waals surface area contributed by atoms with Crippen LogP contribution in [0.3, 0.4) is 0 Å². The van der Waals surface area contributed by atoms with Gasteiger partial charge in [-0.15, -0.1) is 0 Å². The van der Waals surface area contributed by atoms with Crippen molar-refractivity contribution in [2.75, 3.05) is 6.54 Å². The van der Waals surface area contributed by atoms with Crippen LogP contribution in [-0.2, 0) is 0 Å². The van der Waals surface area contributed by atoms with Crippen molar-refractivity contribution in [3.63, 3.8) is 0 Å². The summed E-state index contributed by atoms with van der Waals surface area (Å²) >= 11 is 0. The van der Waals surface area contributed by atoms with Gasteiger partial charge in [-0.3, -0.25) is 0 Å². The van der Waals surface area contributed by atoms with Gasteiger partial charge in [0.25, 0.3) is 0 Å². The van der Waals surface area contributed by atoms with Crippen LogP contribution in [0.25, 0.3) is 0 Å². The van der Waals surface area contributed by atoms with Crippen LogP contribution in [-0.4, -0.2) is 6.54 Å². The smallest absolute Gasteiger partial charge is 0.176 e. The normalized spacial score (nSPS) is 9.00. The molecule has 0 aliphatic rings. The number of allylic oxidation sites excluding steroid dienone is 1. The lowest BCUT2D eigenvalue weighted by Gasteiger charge is -1.83. The van der Waals surface area contributed by atoms with Crippen molar-refractivity contribution in [1.82, 2.24) is 5.32 Å². The Balaban J connectivity index is 2.94. The lowest BCUT2D eigenvalue weighted by atomic mass is 10.4. The predicted molar refractivity (Wildman–Crippen MR) is 33.0 cm³/mol. The number of nitriles is 1. The molecular formula is C6H10N2. The van der Waals surface area contributed by atoms with E-state index in [-0.39, 0.29) is 0 Å². The van der Waals surface area contributed by atoms with Crippen molar-refractivity contribution in [1.29, 1.82) is 5.26 Å². The van der Waals surface area contributed by atoms with Crippen molar-refractivity contribution < 1.29 is 0 Å². The Morgan fingerprint density at radius 2 is 2.38 bits per heavy atom. The molecule has 0 bridgehead atoms. The van der Waals surface area contributed by atoms with Crippen LogP contribution in [0.15, 0.2) is 12.2 Å². The van der Waals surface area contributed by atoms with Gasteiger partial charge in [0, 0.05) is 6.54 Å². The zero-order valence-corrected chi connectivity index (χ0v) is 5.02. The fourth-order valence-electron chi connectivity index (χ4n) is 0.355. The molecule has 0 aliphatic carbocycles. The van der Waals surface area contributed by atoms with E-state index in [1.165, 1.54) is 0 Å². The second kappa shape index (κ2) is 6.03. The summed E-state index contributed by atoms with van der Waals surface area (Å²) in [7, 11) is 0. The first-order valence-electron chi connectivity index (χ1n) is 2.68. The molecular weight excluding hydrogens is 100 g/mol. The molecule has 2 heteroatoms. The van der Waals surface area contributed by atoms with Crippen LogP contribution >= 0.6 is 0 Å². The molecule has 0 unspecified atom stereocenters. The molecule has 0 rings (SSSR count). The Hall–Kier alpha value is -0.970. The Labute approximate surface area is 49.8 Å². The maximum absolute atomic E-state index is 7.97. The third kappa shape index (κ3) is 5.03. The highest BCUT2D eigenvalue weighted by molar-refractivity contribution is 4.84. The third-order valence-corrected chi connectivity index (χ3v) is 0.701. The van der Waals surface area contributed by atoms with Crippen LogP contribution < -0.4 is 5.32 Å². The molecule has 0 aliphatic heterocycles. The van der Waals surface area contributed by atoms with E-state index in [0.717, 1.165) is 6.42 Å². The summed E-state index contributed by atoms with van der Waals surface area (Å²) in [5, 5.41) is 10.5. The highest BCUT2D eigenvalue weighted by Crippen LogP contribution is 1.75. The molecule has 2 nitrogen and oxygen atoms in total. The average molecular weight is 110 g/mol. The van der Waals surface area contributed by atoms with E-state index in [1.54, 1.807) is 0 Å². The maximum Gasteiger partial charge on any atom is 0.176 e. The van der Waals surface area contributed by atoms with Crippen molar-refractivity contribution >= 4 is 0 Å². The summed E-state index contributed by atoms with van der Waals surface area (Å²) in [6, 6.07) is 0. The van der Waals surface area contributed by atoms with Gasteiger partial charge in [-0.25, -0.2) is 0 Å². The molecule has 0 aromatic heterocycles. The van der Waals surface area contributed by atoms with Gasteiger partial charge >= 0.3 is 0 Å². The van der Waals surface area contributed by atoms with Gasteiger partial charge in [0.05, 0.1) is 0 Å². The van der Waals surface area contributed by atoms with E-state index in [2.05, 4.69) is 12.2 Å². The van der Waals surface area contributed by atoms with E-state index in [4.69, 9.17) is 5.26 Å². The van der Waals surface area contributed by atoms with Crippen LogP contribution in [0.5, 0.6) is 0 Å². The monoisotopic (exact) mass is 110 g/mol. The van der Waals surface area contributed by atoms with Gasteiger partial charge in [0.1, 0.15) is 0 Å². The van der Waals surface area contributed by atoms with Gasteiger partial charge in [0.15, 0.2) is 6.19 Å². The zero-order valence-electron chi connectivity index (χ0n) is 5.02. The van der Waals surface area contributed by atoms with E-state index in [9.17, 15) is 0 Å². The molecule has 0 atom stereocenters. The third-order valence-electron chi connectivity index (χ3n) is 0.701. The van der Waals surface area contributed by atoms with Crippen LogP contribution in [0, 0.1) is 11.5 Å². The first-order valence-corrected chi connectivity index (χ1v) is 2.68. The maximum atomic E-state index is 7.97. The standard InChI is InChI=1S/C6H10N2/c1-2-3-4-5-8-6-7/h3-4,8H,2,5H2,1H3/b4-3+. The van der Waals surface area contributed by atoms with Gasteiger partial charge in [-0.05, 0) is 6.42 Å². The molecule has 0 radical (unpaired) electrons.